The molecule has 1 fully saturated rings. The Hall–Kier alpha value is -0.830. The lowest BCUT2D eigenvalue weighted by Crippen LogP contribution is -2.25. The second kappa shape index (κ2) is 5.48. The van der Waals surface area contributed by atoms with Crippen molar-refractivity contribution in [2.24, 2.45) is 5.92 Å². The van der Waals surface area contributed by atoms with Crippen LogP contribution in [0.4, 0.5) is 0 Å². The molecular formula is C12H17ClN2O. The van der Waals surface area contributed by atoms with Crippen molar-refractivity contribution in [2.45, 2.75) is 45.1 Å². The van der Waals surface area contributed by atoms with E-state index in [1.807, 2.05) is 0 Å². The van der Waals surface area contributed by atoms with Gasteiger partial charge in [0.15, 0.2) is 0 Å². The van der Waals surface area contributed by atoms with Crippen molar-refractivity contribution in [3.05, 3.63) is 17.5 Å². The van der Waals surface area contributed by atoms with E-state index in [-0.39, 0.29) is 5.28 Å². The zero-order valence-corrected chi connectivity index (χ0v) is 10.3. The Kier molecular flexibility index (Phi) is 3.99. The van der Waals surface area contributed by atoms with E-state index in [1.165, 1.54) is 19.3 Å². The topological polar surface area (TPSA) is 35.0 Å². The molecule has 1 heterocycles. The molecule has 0 aromatic carbocycles. The van der Waals surface area contributed by atoms with Crippen LogP contribution in [0.2, 0.25) is 5.28 Å². The summed E-state index contributed by atoms with van der Waals surface area (Å²) in [7, 11) is 0. The van der Waals surface area contributed by atoms with Crippen LogP contribution in [0.25, 0.3) is 0 Å². The highest BCUT2D eigenvalue weighted by molar-refractivity contribution is 6.28. The zero-order chi connectivity index (χ0) is 11.4. The molecule has 3 nitrogen and oxygen atoms in total. The number of ether oxygens (including phenoxy) is 1. The van der Waals surface area contributed by atoms with E-state index in [0.717, 1.165) is 18.8 Å². The highest BCUT2D eigenvalue weighted by Gasteiger charge is 2.22. The predicted octanol–water partition coefficient (Wildman–Crippen LogP) is 3.48. The first-order chi connectivity index (χ1) is 7.78. The fourth-order valence-corrected chi connectivity index (χ4v) is 2.42. The molecule has 1 aliphatic rings. The Balaban J connectivity index is 1.94. The van der Waals surface area contributed by atoms with Crippen molar-refractivity contribution >= 4 is 11.6 Å². The van der Waals surface area contributed by atoms with E-state index in [2.05, 4.69) is 16.9 Å². The Labute approximate surface area is 101 Å². The molecule has 2 unspecified atom stereocenters. The third kappa shape index (κ3) is 3.08. The first kappa shape index (κ1) is 11.6. The highest BCUT2D eigenvalue weighted by Crippen LogP contribution is 2.29. The summed E-state index contributed by atoms with van der Waals surface area (Å²) in [4.78, 5) is 7.89. The van der Waals surface area contributed by atoms with Crippen LogP contribution in [-0.4, -0.2) is 16.1 Å². The summed E-state index contributed by atoms with van der Waals surface area (Å²) in [6.45, 7) is 2.24. The lowest BCUT2D eigenvalue weighted by molar-refractivity contribution is 0.117. The molecule has 0 saturated heterocycles. The molecule has 2 rings (SSSR count). The van der Waals surface area contributed by atoms with Crippen LogP contribution in [0.1, 0.15) is 39.0 Å². The Bertz CT molecular complexity index is 346. The number of rotatable bonds is 3. The molecular weight excluding hydrogens is 224 g/mol. The summed E-state index contributed by atoms with van der Waals surface area (Å²) in [5.74, 6) is 1.40. The largest absolute Gasteiger partial charge is 0.474 e. The van der Waals surface area contributed by atoms with Crippen LogP contribution in [0.3, 0.4) is 0 Å². The van der Waals surface area contributed by atoms with Crippen molar-refractivity contribution in [3.63, 3.8) is 0 Å². The minimum atomic E-state index is 0.250. The van der Waals surface area contributed by atoms with E-state index in [9.17, 15) is 0 Å². The molecule has 1 aromatic heterocycles. The summed E-state index contributed by atoms with van der Waals surface area (Å²) < 4.78 is 5.83. The van der Waals surface area contributed by atoms with Crippen LogP contribution in [0.5, 0.6) is 5.88 Å². The first-order valence-corrected chi connectivity index (χ1v) is 6.31. The molecule has 0 aliphatic heterocycles. The third-order valence-electron chi connectivity index (χ3n) is 3.20. The molecule has 1 aromatic rings. The van der Waals surface area contributed by atoms with Crippen LogP contribution in [-0.2, 0) is 0 Å². The van der Waals surface area contributed by atoms with Gasteiger partial charge in [0, 0.05) is 12.3 Å². The van der Waals surface area contributed by atoms with Gasteiger partial charge in [-0.15, -0.1) is 0 Å². The third-order valence-corrected chi connectivity index (χ3v) is 3.38. The predicted molar refractivity (Wildman–Crippen MR) is 63.7 cm³/mol. The quantitative estimate of drug-likeness (QED) is 0.759. The van der Waals surface area contributed by atoms with Gasteiger partial charge in [0.2, 0.25) is 11.2 Å². The minimum Gasteiger partial charge on any atom is -0.474 e. The van der Waals surface area contributed by atoms with Crippen molar-refractivity contribution in [1.82, 2.24) is 9.97 Å². The van der Waals surface area contributed by atoms with E-state index in [1.54, 1.807) is 12.3 Å². The van der Waals surface area contributed by atoms with Crippen LogP contribution in [0, 0.1) is 5.92 Å². The van der Waals surface area contributed by atoms with Crippen LogP contribution in [0.15, 0.2) is 12.3 Å². The molecule has 0 radical (unpaired) electrons. The van der Waals surface area contributed by atoms with Gasteiger partial charge in [-0.05, 0) is 36.8 Å². The first-order valence-electron chi connectivity index (χ1n) is 5.93. The molecule has 88 valence electrons. The SMILES string of the molecule is CCC1CCCC(Oc2ccnc(Cl)n2)C1. The number of aromatic nitrogens is 2. The summed E-state index contributed by atoms with van der Waals surface area (Å²) >= 11 is 5.72. The van der Waals surface area contributed by atoms with Gasteiger partial charge in [-0.1, -0.05) is 19.8 Å². The highest BCUT2D eigenvalue weighted by atomic mass is 35.5. The lowest BCUT2D eigenvalue weighted by atomic mass is 9.85. The maximum atomic E-state index is 5.83. The number of nitrogens with zero attached hydrogens (tertiary/aromatic N) is 2. The van der Waals surface area contributed by atoms with E-state index < -0.39 is 0 Å². The molecule has 0 bridgehead atoms. The maximum absolute atomic E-state index is 5.83. The Morgan fingerprint density at radius 3 is 3.12 bits per heavy atom. The lowest BCUT2D eigenvalue weighted by Gasteiger charge is -2.28. The molecule has 1 saturated carbocycles. The van der Waals surface area contributed by atoms with Gasteiger partial charge in [-0.2, -0.15) is 4.98 Å². The monoisotopic (exact) mass is 240 g/mol. The van der Waals surface area contributed by atoms with Gasteiger partial charge in [0.05, 0.1) is 0 Å². The smallest absolute Gasteiger partial charge is 0.225 e. The van der Waals surface area contributed by atoms with Gasteiger partial charge in [-0.25, -0.2) is 4.98 Å². The van der Waals surface area contributed by atoms with Crippen molar-refractivity contribution < 1.29 is 4.74 Å². The van der Waals surface area contributed by atoms with E-state index in [0.29, 0.717) is 12.0 Å². The Morgan fingerprint density at radius 1 is 1.50 bits per heavy atom. The van der Waals surface area contributed by atoms with E-state index in [4.69, 9.17) is 16.3 Å². The second-order valence-corrected chi connectivity index (χ2v) is 4.68. The Morgan fingerprint density at radius 2 is 2.38 bits per heavy atom. The molecule has 0 spiro atoms. The molecule has 16 heavy (non-hydrogen) atoms. The van der Waals surface area contributed by atoms with E-state index >= 15 is 0 Å². The average molecular weight is 241 g/mol. The normalized spacial score (nSPS) is 25.4. The molecule has 1 aliphatic carbocycles. The van der Waals surface area contributed by atoms with Crippen LogP contribution < -0.4 is 4.74 Å². The van der Waals surface area contributed by atoms with Gasteiger partial charge in [0.25, 0.3) is 0 Å². The number of hydrogen-bond acceptors (Lipinski definition) is 3. The second-order valence-electron chi connectivity index (χ2n) is 4.34. The maximum Gasteiger partial charge on any atom is 0.225 e. The number of halogens is 1. The summed E-state index contributed by atoms with van der Waals surface area (Å²) in [6.07, 6.45) is 8.01. The summed E-state index contributed by atoms with van der Waals surface area (Å²) in [6, 6.07) is 1.77. The van der Waals surface area contributed by atoms with Gasteiger partial charge < -0.3 is 4.74 Å². The number of hydrogen-bond donors (Lipinski definition) is 0. The molecule has 0 N–H and O–H groups in total. The molecule has 4 heteroatoms. The van der Waals surface area contributed by atoms with Gasteiger partial charge in [-0.3, -0.25) is 0 Å². The van der Waals surface area contributed by atoms with Crippen molar-refractivity contribution in [1.29, 1.82) is 0 Å². The zero-order valence-electron chi connectivity index (χ0n) is 9.53. The fraction of sp³-hybridized carbons (Fsp3) is 0.667. The average Bonchev–Trinajstić information content (AvgIpc) is 2.29. The standard InChI is InChI=1S/C12H17ClN2O/c1-2-9-4-3-5-10(8-9)16-11-6-7-14-12(13)15-11/h6-7,9-10H,2-5,8H2,1H3. The molecule has 0 amide bonds. The van der Waals surface area contributed by atoms with Crippen LogP contribution >= 0.6 is 11.6 Å². The minimum absolute atomic E-state index is 0.250. The van der Waals surface area contributed by atoms with Gasteiger partial charge in [0.1, 0.15) is 6.10 Å². The molecule has 2 atom stereocenters. The van der Waals surface area contributed by atoms with Crippen molar-refractivity contribution in [2.75, 3.05) is 0 Å². The summed E-state index contributed by atoms with van der Waals surface area (Å²) in [5, 5.41) is 0.250. The summed E-state index contributed by atoms with van der Waals surface area (Å²) in [5.41, 5.74) is 0. The van der Waals surface area contributed by atoms with Gasteiger partial charge >= 0.3 is 0 Å². The van der Waals surface area contributed by atoms with Crippen molar-refractivity contribution in [3.8, 4) is 5.88 Å². The fourth-order valence-electron chi connectivity index (χ4n) is 2.28.